The first-order chi connectivity index (χ1) is 6.63. The number of hydrogen-bond donors (Lipinski definition) is 1. The predicted molar refractivity (Wildman–Crippen MR) is 62.2 cm³/mol. The lowest BCUT2D eigenvalue weighted by Gasteiger charge is -2.05. The quantitative estimate of drug-likeness (QED) is 0.804. The van der Waals surface area contributed by atoms with Crippen molar-refractivity contribution in [2.75, 3.05) is 20.6 Å². The summed E-state index contributed by atoms with van der Waals surface area (Å²) in [4.78, 5) is 7.72. The van der Waals surface area contributed by atoms with Crippen molar-refractivity contribution in [3.8, 4) is 0 Å². The summed E-state index contributed by atoms with van der Waals surface area (Å²) in [6.45, 7) is 5.54. The van der Waals surface area contributed by atoms with Crippen molar-refractivity contribution in [1.82, 2.24) is 9.88 Å². The van der Waals surface area contributed by atoms with Gasteiger partial charge in [0.25, 0.3) is 0 Å². The zero-order valence-corrected chi connectivity index (χ0v) is 9.60. The van der Waals surface area contributed by atoms with Gasteiger partial charge in [-0.05, 0) is 32.6 Å². The van der Waals surface area contributed by atoms with Crippen LogP contribution in [0.3, 0.4) is 0 Å². The van der Waals surface area contributed by atoms with Crippen LogP contribution in [0.4, 0.5) is 0 Å². The number of rotatable bonds is 5. The zero-order valence-electron chi connectivity index (χ0n) is 8.79. The SMILES string of the molecule is C=C(CCN)c1ncc(CN(C)C)s1. The standard InChI is InChI=1S/C10H17N3S/c1-8(4-5-11)10-12-6-9(14-10)7-13(2)3/h6H,1,4-5,7,11H2,2-3H3. The summed E-state index contributed by atoms with van der Waals surface area (Å²) in [7, 11) is 4.10. The average Bonchev–Trinajstić information content (AvgIpc) is 2.52. The predicted octanol–water partition coefficient (Wildman–Crippen LogP) is 1.57. The van der Waals surface area contributed by atoms with Crippen LogP contribution in [0.5, 0.6) is 0 Å². The van der Waals surface area contributed by atoms with E-state index in [0.29, 0.717) is 6.54 Å². The topological polar surface area (TPSA) is 42.1 Å². The highest BCUT2D eigenvalue weighted by molar-refractivity contribution is 7.12. The molecule has 14 heavy (non-hydrogen) atoms. The van der Waals surface area contributed by atoms with Crippen LogP contribution in [0.1, 0.15) is 16.3 Å². The molecule has 2 N–H and O–H groups in total. The lowest BCUT2D eigenvalue weighted by atomic mass is 10.2. The summed E-state index contributed by atoms with van der Waals surface area (Å²) in [5, 5.41) is 1.02. The van der Waals surface area contributed by atoms with E-state index in [4.69, 9.17) is 5.73 Å². The Morgan fingerprint density at radius 2 is 2.36 bits per heavy atom. The number of aromatic nitrogens is 1. The minimum atomic E-state index is 0.640. The molecular weight excluding hydrogens is 194 g/mol. The fourth-order valence-electron chi connectivity index (χ4n) is 1.14. The van der Waals surface area contributed by atoms with Gasteiger partial charge in [-0.2, -0.15) is 0 Å². The van der Waals surface area contributed by atoms with Gasteiger partial charge in [-0.15, -0.1) is 11.3 Å². The molecule has 4 heteroatoms. The Labute approximate surface area is 89.3 Å². The molecule has 0 aromatic carbocycles. The van der Waals surface area contributed by atoms with Crippen molar-refractivity contribution in [1.29, 1.82) is 0 Å². The van der Waals surface area contributed by atoms with Gasteiger partial charge in [-0.25, -0.2) is 4.98 Å². The summed E-state index contributed by atoms with van der Waals surface area (Å²) in [6.07, 6.45) is 2.75. The molecule has 0 aliphatic heterocycles. The number of nitrogens with two attached hydrogens (primary N) is 1. The highest BCUT2D eigenvalue weighted by atomic mass is 32.1. The van der Waals surface area contributed by atoms with E-state index in [1.54, 1.807) is 11.3 Å². The molecule has 0 saturated heterocycles. The molecule has 0 aliphatic carbocycles. The van der Waals surface area contributed by atoms with Crippen LogP contribution >= 0.6 is 11.3 Å². The molecule has 78 valence electrons. The van der Waals surface area contributed by atoms with E-state index in [-0.39, 0.29) is 0 Å². The number of thiazole rings is 1. The smallest absolute Gasteiger partial charge is 0.118 e. The second-order valence-electron chi connectivity index (χ2n) is 3.51. The largest absolute Gasteiger partial charge is 0.330 e. The molecule has 0 radical (unpaired) electrons. The van der Waals surface area contributed by atoms with Gasteiger partial charge >= 0.3 is 0 Å². The van der Waals surface area contributed by atoms with Gasteiger partial charge in [0.2, 0.25) is 0 Å². The molecule has 0 atom stereocenters. The zero-order chi connectivity index (χ0) is 10.6. The van der Waals surface area contributed by atoms with Crippen LogP contribution in [0.15, 0.2) is 12.8 Å². The first kappa shape index (κ1) is 11.4. The minimum absolute atomic E-state index is 0.640. The molecule has 1 rings (SSSR count). The van der Waals surface area contributed by atoms with Crippen LogP contribution in [0.25, 0.3) is 5.57 Å². The Kier molecular flexibility index (Phi) is 4.25. The Morgan fingerprint density at radius 3 is 2.93 bits per heavy atom. The van der Waals surface area contributed by atoms with Gasteiger partial charge in [-0.3, -0.25) is 0 Å². The normalized spacial score (nSPS) is 10.9. The maximum absolute atomic E-state index is 5.46. The third-order valence-electron chi connectivity index (χ3n) is 1.77. The van der Waals surface area contributed by atoms with Crippen molar-refractivity contribution in [3.05, 3.63) is 22.7 Å². The van der Waals surface area contributed by atoms with Gasteiger partial charge in [0.1, 0.15) is 5.01 Å². The van der Waals surface area contributed by atoms with Gasteiger partial charge in [0.05, 0.1) is 0 Å². The monoisotopic (exact) mass is 211 g/mol. The van der Waals surface area contributed by atoms with Crippen molar-refractivity contribution >= 4 is 16.9 Å². The summed E-state index contributed by atoms with van der Waals surface area (Å²) >= 11 is 1.70. The second-order valence-corrected chi connectivity index (χ2v) is 4.63. The van der Waals surface area contributed by atoms with Gasteiger partial charge < -0.3 is 10.6 Å². The van der Waals surface area contributed by atoms with Crippen LogP contribution in [0, 0.1) is 0 Å². The second kappa shape index (κ2) is 5.24. The Hall–Kier alpha value is -0.710. The molecule has 1 aromatic heterocycles. The van der Waals surface area contributed by atoms with Crippen LogP contribution in [0.2, 0.25) is 0 Å². The molecule has 0 bridgehead atoms. The molecular formula is C10H17N3S. The van der Waals surface area contributed by atoms with Crippen LogP contribution in [-0.4, -0.2) is 30.5 Å². The fraction of sp³-hybridized carbons (Fsp3) is 0.500. The van der Waals surface area contributed by atoms with Gasteiger partial charge in [-0.1, -0.05) is 6.58 Å². The van der Waals surface area contributed by atoms with Crippen molar-refractivity contribution in [3.63, 3.8) is 0 Å². The third kappa shape index (κ3) is 3.21. The lowest BCUT2D eigenvalue weighted by Crippen LogP contribution is -2.09. The van der Waals surface area contributed by atoms with Gasteiger partial charge in [0.15, 0.2) is 0 Å². The van der Waals surface area contributed by atoms with Crippen molar-refractivity contribution < 1.29 is 0 Å². The lowest BCUT2D eigenvalue weighted by molar-refractivity contribution is 0.406. The summed E-state index contributed by atoms with van der Waals surface area (Å²) in [5.41, 5.74) is 6.51. The van der Waals surface area contributed by atoms with E-state index in [1.165, 1.54) is 4.88 Å². The third-order valence-corrected chi connectivity index (χ3v) is 2.86. The molecule has 1 heterocycles. The fourth-order valence-corrected chi connectivity index (χ4v) is 2.17. The summed E-state index contributed by atoms with van der Waals surface area (Å²) < 4.78 is 0. The van der Waals surface area contributed by atoms with Crippen LogP contribution < -0.4 is 5.73 Å². The van der Waals surface area contributed by atoms with E-state index in [0.717, 1.165) is 23.5 Å². The Morgan fingerprint density at radius 1 is 1.64 bits per heavy atom. The summed E-state index contributed by atoms with van der Waals surface area (Å²) in [5.74, 6) is 0. The molecule has 3 nitrogen and oxygen atoms in total. The van der Waals surface area contributed by atoms with E-state index < -0.39 is 0 Å². The average molecular weight is 211 g/mol. The molecule has 0 aliphatic rings. The molecule has 0 unspecified atom stereocenters. The summed E-state index contributed by atoms with van der Waals surface area (Å²) in [6, 6.07) is 0. The van der Waals surface area contributed by atoms with E-state index in [9.17, 15) is 0 Å². The van der Waals surface area contributed by atoms with E-state index in [2.05, 4.69) is 16.5 Å². The number of nitrogens with zero attached hydrogens (tertiary/aromatic N) is 2. The molecule has 0 spiro atoms. The van der Waals surface area contributed by atoms with E-state index in [1.807, 2.05) is 20.3 Å². The van der Waals surface area contributed by atoms with Crippen LogP contribution in [-0.2, 0) is 6.54 Å². The van der Waals surface area contributed by atoms with Crippen molar-refractivity contribution in [2.24, 2.45) is 5.73 Å². The highest BCUT2D eigenvalue weighted by Gasteiger charge is 2.05. The first-order valence-corrected chi connectivity index (χ1v) is 5.42. The van der Waals surface area contributed by atoms with Gasteiger partial charge in [0, 0.05) is 17.6 Å². The first-order valence-electron chi connectivity index (χ1n) is 4.61. The molecule has 0 amide bonds. The van der Waals surface area contributed by atoms with E-state index >= 15 is 0 Å². The Balaban J connectivity index is 2.63. The number of hydrogen-bond acceptors (Lipinski definition) is 4. The molecule has 0 saturated carbocycles. The van der Waals surface area contributed by atoms with Crippen molar-refractivity contribution in [2.45, 2.75) is 13.0 Å². The minimum Gasteiger partial charge on any atom is -0.330 e. The highest BCUT2D eigenvalue weighted by Crippen LogP contribution is 2.22. The Bertz CT molecular complexity index is 304. The maximum Gasteiger partial charge on any atom is 0.118 e. The molecule has 1 aromatic rings. The maximum atomic E-state index is 5.46. The molecule has 0 fully saturated rings.